The molecule has 2 N–H and O–H groups in total. The highest BCUT2D eigenvalue weighted by Crippen LogP contribution is 2.35. The fourth-order valence-corrected chi connectivity index (χ4v) is 3.53. The molecule has 3 rings (SSSR count). The number of nitrogens with one attached hydrogen (secondary N) is 1. The second-order valence-electron chi connectivity index (χ2n) is 6.71. The van der Waals surface area contributed by atoms with Gasteiger partial charge in [-0.2, -0.15) is 0 Å². The number of amides is 1. The Morgan fingerprint density at radius 3 is 2.72 bits per heavy atom. The fraction of sp³-hybridized carbons (Fsp3) is 0.381. The molecule has 1 aliphatic carbocycles. The van der Waals surface area contributed by atoms with E-state index in [0.29, 0.717) is 19.6 Å². The minimum atomic E-state index is -0.00148. The average molecular weight is 338 g/mol. The molecule has 0 saturated carbocycles. The number of aliphatic hydroxyl groups is 1. The maximum atomic E-state index is 12.4. The lowest BCUT2D eigenvalue weighted by Crippen LogP contribution is -2.40. The molecule has 132 valence electrons. The molecule has 1 atom stereocenters. The van der Waals surface area contributed by atoms with Crippen LogP contribution in [-0.4, -0.2) is 35.6 Å². The molecule has 0 heterocycles. The summed E-state index contributed by atoms with van der Waals surface area (Å²) in [5.41, 5.74) is 4.96. The van der Waals surface area contributed by atoms with Gasteiger partial charge in [-0.1, -0.05) is 54.1 Å². The highest BCUT2D eigenvalue weighted by molar-refractivity contribution is 5.78. The summed E-state index contributed by atoms with van der Waals surface area (Å²) in [6.45, 7) is 3.47. The van der Waals surface area contributed by atoms with E-state index in [9.17, 15) is 9.90 Å². The first-order valence-corrected chi connectivity index (χ1v) is 8.92. The molecule has 0 fully saturated rings. The molecule has 2 aromatic carbocycles. The van der Waals surface area contributed by atoms with Gasteiger partial charge >= 0.3 is 0 Å². The summed E-state index contributed by atoms with van der Waals surface area (Å²) in [6, 6.07) is 16.8. The van der Waals surface area contributed by atoms with Crippen molar-refractivity contribution in [1.29, 1.82) is 0 Å². The van der Waals surface area contributed by atoms with Gasteiger partial charge in [0.15, 0.2) is 0 Å². The van der Waals surface area contributed by atoms with E-state index in [1.807, 2.05) is 18.2 Å². The van der Waals surface area contributed by atoms with Crippen molar-refractivity contribution in [2.45, 2.75) is 32.4 Å². The molecule has 0 aromatic heterocycles. The van der Waals surface area contributed by atoms with Gasteiger partial charge in [-0.25, -0.2) is 0 Å². The summed E-state index contributed by atoms with van der Waals surface area (Å²) < 4.78 is 0. The Morgan fingerprint density at radius 2 is 1.96 bits per heavy atom. The molecule has 2 aromatic rings. The van der Waals surface area contributed by atoms with Crippen molar-refractivity contribution < 1.29 is 9.90 Å². The summed E-state index contributed by atoms with van der Waals surface area (Å²) >= 11 is 0. The molecule has 0 saturated heterocycles. The van der Waals surface area contributed by atoms with E-state index in [1.165, 1.54) is 16.7 Å². The number of hydrogen-bond donors (Lipinski definition) is 2. The molecule has 25 heavy (non-hydrogen) atoms. The first kappa shape index (κ1) is 17.6. The van der Waals surface area contributed by atoms with Crippen LogP contribution in [0.15, 0.2) is 48.5 Å². The second-order valence-corrected chi connectivity index (χ2v) is 6.71. The normalized spacial score (nSPS) is 16.0. The maximum Gasteiger partial charge on any atom is 0.234 e. The first-order valence-electron chi connectivity index (χ1n) is 8.92. The van der Waals surface area contributed by atoms with Crippen LogP contribution >= 0.6 is 0 Å². The van der Waals surface area contributed by atoms with E-state index >= 15 is 0 Å². The third kappa shape index (κ3) is 4.47. The molecule has 0 radical (unpaired) electrons. The molecule has 4 nitrogen and oxygen atoms in total. The van der Waals surface area contributed by atoms with Crippen LogP contribution in [0, 0.1) is 6.92 Å². The van der Waals surface area contributed by atoms with E-state index in [-0.39, 0.29) is 18.6 Å². The van der Waals surface area contributed by atoms with Crippen molar-refractivity contribution in [2.24, 2.45) is 0 Å². The van der Waals surface area contributed by atoms with Gasteiger partial charge in [0.05, 0.1) is 13.2 Å². The number of aliphatic hydroxyl groups excluding tert-OH is 1. The molecule has 1 unspecified atom stereocenters. The third-order valence-corrected chi connectivity index (χ3v) is 4.89. The van der Waals surface area contributed by atoms with Gasteiger partial charge in [-0.15, -0.1) is 0 Å². The summed E-state index contributed by atoms with van der Waals surface area (Å²) in [5.74, 6) is -0.00148. The predicted octanol–water partition coefficient (Wildman–Crippen LogP) is 2.59. The monoisotopic (exact) mass is 338 g/mol. The lowest BCUT2D eigenvalue weighted by atomic mass is 10.1. The quantitative estimate of drug-likeness (QED) is 0.816. The number of hydrogen-bond acceptors (Lipinski definition) is 3. The van der Waals surface area contributed by atoms with Crippen LogP contribution in [-0.2, 0) is 17.8 Å². The summed E-state index contributed by atoms with van der Waals surface area (Å²) in [7, 11) is 0. The smallest absolute Gasteiger partial charge is 0.234 e. The fourth-order valence-electron chi connectivity index (χ4n) is 3.53. The molecule has 1 amide bonds. The van der Waals surface area contributed by atoms with E-state index in [2.05, 4.69) is 47.5 Å². The van der Waals surface area contributed by atoms with Gasteiger partial charge in [-0.05, 0) is 36.5 Å². The SMILES string of the molecule is Cc1ccc(CNC(=O)CN(CCO)C2CCc3ccccc32)cc1. The number of fused-ring (bicyclic) bond motifs is 1. The van der Waals surface area contributed by atoms with Crippen molar-refractivity contribution >= 4 is 5.91 Å². The zero-order valence-corrected chi connectivity index (χ0v) is 14.7. The van der Waals surface area contributed by atoms with E-state index in [0.717, 1.165) is 18.4 Å². The van der Waals surface area contributed by atoms with Crippen molar-refractivity contribution in [2.75, 3.05) is 19.7 Å². The zero-order chi connectivity index (χ0) is 17.6. The lowest BCUT2D eigenvalue weighted by Gasteiger charge is -2.28. The van der Waals surface area contributed by atoms with Crippen molar-refractivity contribution in [1.82, 2.24) is 10.2 Å². The highest BCUT2D eigenvalue weighted by atomic mass is 16.3. The van der Waals surface area contributed by atoms with Gasteiger partial charge in [0.2, 0.25) is 5.91 Å². The standard InChI is InChI=1S/C21H26N2O2/c1-16-6-8-17(9-7-16)14-22-21(25)15-23(12-13-24)20-11-10-18-4-2-3-5-19(18)20/h2-9,20,24H,10-15H2,1H3,(H,22,25). The third-order valence-electron chi connectivity index (χ3n) is 4.89. The minimum Gasteiger partial charge on any atom is -0.395 e. The van der Waals surface area contributed by atoms with Gasteiger partial charge in [0, 0.05) is 19.1 Å². The molecule has 0 aliphatic heterocycles. The molecule has 4 heteroatoms. The molecule has 1 aliphatic rings. The Kier molecular flexibility index (Phi) is 5.84. The van der Waals surface area contributed by atoms with Crippen molar-refractivity contribution in [3.05, 3.63) is 70.8 Å². The van der Waals surface area contributed by atoms with Gasteiger partial charge in [0.25, 0.3) is 0 Å². The molecule has 0 spiro atoms. The van der Waals surface area contributed by atoms with E-state index < -0.39 is 0 Å². The molecule has 0 bridgehead atoms. The first-order chi connectivity index (χ1) is 12.2. The summed E-state index contributed by atoms with van der Waals surface area (Å²) in [5, 5.41) is 12.4. The number of carbonyl (C=O) groups excluding carboxylic acids is 1. The van der Waals surface area contributed by atoms with Crippen molar-refractivity contribution in [3.8, 4) is 0 Å². The number of benzene rings is 2. The van der Waals surface area contributed by atoms with Crippen LogP contribution in [0.4, 0.5) is 0 Å². The predicted molar refractivity (Wildman–Crippen MR) is 99.2 cm³/mol. The van der Waals surface area contributed by atoms with Gasteiger partial charge in [-0.3, -0.25) is 9.69 Å². The van der Waals surface area contributed by atoms with Crippen LogP contribution in [0.5, 0.6) is 0 Å². The van der Waals surface area contributed by atoms with E-state index in [1.54, 1.807) is 0 Å². The Balaban J connectivity index is 1.60. The molecular weight excluding hydrogens is 312 g/mol. The summed E-state index contributed by atoms with van der Waals surface area (Å²) in [4.78, 5) is 14.5. The average Bonchev–Trinajstić information content (AvgIpc) is 3.05. The van der Waals surface area contributed by atoms with Crippen LogP contribution in [0.2, 0.25) is 0 Å². The maximum absolute atomic E-state index is 12.4. The number of carbonyl (C=O) groups is 1. The molecular formula is C21H26N2O2. The Morgan fingerprint density at radius 1 is 1.20 bits per heavy atom. The second kappa shape index (κ2) is 8.28. The van der Waals surface area contributed by atoms with Crippen molar-refractivity contribution in [3.63, 3.8) is 0 Å². The number of nitrogens with zero attached hydrogens (tertiary/aromatic N) is 1. The van der Waals surface area contributed by atoms with Gasteiger partial charge in [0.1, 0.15) is 0 Å². The Labute approximate surface area is 149 Å². The topological polar surface area (TPSA) is 52.6 Å². The Bertz CT molecular complexity index is 712. The van der Waals surface area contributed by atoms with E-state index in [4.69, 9.17) is 0 Å². The minimum absolute atomic E-state index is 0.00148. The number of aryl methyl sites for hydroxylation is 2. The van der Waals surface area contributed by atoms with Crippen LogP contribution in [0.3, 0.4) is 0 Å². The highest BCUT2D eigenvalue weighted by Gasteiger charge is 2.28. The Hall–Kier alpha value is -2.17. The number of rotatable bonds is 7. The van der Waals surface area contributed by atoms with Gasteiger partial charge < -0.3 is 10.4 Å². The summed E-state index contributed by atoms with van der Waals surface area (Å²) in [6.07, 6.45) is 2.04. The van der Waals surface area contributed by atoms with Crippen LogP contribution < -0.4 is 5.32 Å². The van der Waals surface area contributed by atoms with Crippen LogP contribution in [0.25, 0.3) is 0 Å². The largest absolute Gasteiger partial charge is 0.395 e. The van der Waals surface area contributed by atoms with Crippen LogP contribution in [0.1, 0.15) is 34.7 Å². The lowest BCUT2D eigenvalue weighted by molar-refractivity contribution is -0.123. The zero-order valence-electron chi connectivity index (χ0n) is 14.7.